The van der Waals surface area contributed by atoms with Gasteiger partial charge in [0.05, 0.1) is 7.11 Å². The maximum absolute atomic E-state index is 11.1. The lowest BCUT2D eigenvalue weighted by Crippen LogP contribution is -2.39. The lowest BCUT2D eigenvalue weighted by molar-refractivity contribution is -0.136. The number of hydrogen-bond donors (Lipinski definition) is 1. The second-order valence-corrected chi connectivity index (χ2v) is 4.17. The van der Waals surface area contributed by atoms with Crippen molar-refractivity contribution >= 4 is 5.97 Å². The van der Waals surface area contributed by atoms with Crippen LogP contribution in [0.2, 0.25) is 0 Å². The minimum Gasteiger partial charge on any atom is -0.466 e. The van der Waals surface area contributed by atoms with Crippen molar-refractivity contribution in [1.29, 1.82) is 0 Å². The Balaban J connectivity index is 3.92. The van der Waals surface area contributed by atoms with E-state index in [0.29, 0.717) is 18.2 Å². The number of ether oxygens (including phenoxy) is 1. The molecular weight excluding hydrogens is 216 g/mol. The molecule has 0 amide bonds. The number of likely N-dealkylation sites (N-methyl/N-ethyl adjacent to an activating group) is 1. The molecular formula is C13H26N2O2. The van der Waals surface area contributed by atoms with Gasteiger partial charge in [0.2, 0.25) is 0 Å². The standard InChI is InChI=1S/C13H26N2O2/c1-6-15(7-2)10-12(4)14-9-8-11(3)13(16)17-5/h8,12,14H,6-7,9-10H2,1-5H3/b11-8-. The van der Waals surface area contributed by atoms with Crippen LogP contribution >= 0.6 is 0 Å². The molecule has 17 heavy (non-hydrogen) atoms. The fourth-order valence-electron chi connectivity index (χ4n) is 1.59. The van der Waals surface area contributed by atoms with Gasteiger partial charge in [-0.3, -0.25) is 0 Å². The largest absolute Gasteiger partial charge is 0.466 e. The Morgan fingerprint density at radius 1 is 1.41 bits per heavy atom. The number of hydrogen-bond acceptors (Lipinski definition) is 4. The van der Waals surface area contributed by atoms with Gasteiger partial charge in [-0.2, -0.15) is 0 Å². The highest BCUT2D eigenvalue weighted by atomic mass is 16.5. The summed E-state index contributed by atoms with van der Waals surface area (Å²) in [5.41, 5.74) is 0.648. The van der Waals surface area contributed by atoms with Gasteiger partial charge in [0.1, 0.15) is 0 Å². The smallest absolute Gasteiger partial charge is 0.333 e. The van der Waals surface area contributed by atoms with Gasteiger partial charge in [-0.05, 0) is 26.9 Å². The first-order valence-corrected chi connectivity index (χ1v) is 6.25. The first-order valence-electron chi connectivity index (χ1n) is 6.25. The molecule has 0 aromatic carbocycles. The molecule has 0 heterocycles. The fourth-order valence-corrected chi connectivity index (χ4v) is 1.59. The summed E-state index contributed by atoms with van der Waals surface area (Å²) in [5, 5.41) is 3.37. The van der Waals surface area contributed by atoms with Crippen LogP contribution in [-0.4, -0.2) is 50.2 Å². The number of nitrogens with zero attached hydrogens (tertiary/aromatic N) is 1. The number of carbonyl (C=O) groups excluding carboxylic acids is 1. The number of methoxy groups -OCH3 is 1. The van der Waals surface area contributed by atoms with E-state index in [9.17, 15) is 4.79 Å². The van der Waals surface area contributed by atoms with Gasteiger partial charge < -0.3 is 15.0 Å². The molecule has 0 saturated heterocycles. The molecule has 1 N–H and O–H groups in total. The van der Waals surface area contributed by atoms with Crippen molar-refractivity contribution in [2.45, 2.75) is 33.7 Å². The molecule has 4 nitrogen and oxygen atoms in total. The van der Waals surface area contributed by atoms with Crippen LogP contribution < -0.4 is 5.32 Å². The Bertz CT molecular complexity index is 248. The molecule has 4 heteroatoms. The van der Waals surface area contributed by atoms with Crippen molar-refractivity contribution in [3.05, 3.63) is 11.6 Å². The minimum absolute atomic E-state index is 0.261. The molecule has 0 aromatic rings. The molecule has 0 aliphatic carbocycles. The molecule has 0 fully saturated rings. The van der Waals surface area contributed by atoms with Crippen LogP contribution in [0.3, 0.4) is 0 Å². The van der Waals surface area contributed by atoms with Crippen molar-refractivity contribution in [1.82, 2.24) is 10.2 Å². The summed E-state index contributed by atoms with van der Waals surface area (Å²) in [7, 11) is 1.40. The Hall–Kier alpha value is -0.870. The predicted molar refractivity (Wildman–Crippen MR) is 71.0 cm³/mol. The monoisotopic (exact) mass is 242 g/mol. The average molecular weight is 242 g/mol. The van der Waals surface area contributed by atoms with E-state index in [-0.39, 0.29) is 5.97 Å². The summed E-state index contributed by atoms with van der Waals surface area (Å²) < 4.78 is 4.63. The van der Waals surface area contributed by atoms with Crippen LogP contribution in [0.1, 0.15) is 27.7 Å². The molecule has 0 saturated carbocycles. The fraction of sp³-hybridized carbons (Fsp3) is 0.769. The summed E-state index contributed by atoms with van der Waals surface area (Å²) in [6.45, 7) is 12.1. The topological polar surface area (TPSA) is 41.6 Å². The van der Waals surface area contributed by atoms with E-state index in [1.54, 1.807) is 6.92 Å². The van der Waals surface area contributed by atoms with Gasteiger partial charge in [0.15, 0.2) is 0 Å². The van der Waals surface area contributed by atoms with Crippen LogP contribution in [0.4, 0.5) is 0 Å². The van der Waals surface area contributed by atoms with Crippen molar-refractivity contribution in [3.63, 3.8) is 0 Å². The maximum Gasteiger partial charge on any atom is 0.333 e. The van der Waals surface area contributed by atoms with E-state index >= 15 is 0 Å². The molecule has 0 spiro atoms. The zero-order valence-corrected chi connectivity index (χ0v) is 11.7. The van der Waals surface area contributed by atoms with Gasteiger partial charge in [-0.1, -0.05) is 19.9 Å². The SMILES string of the molecule is CCN(CC)CC(C)NC/C=C(/C)C(=O)OC. The lowest BCUT2D eigenvalue weighted by atomic mass is 10.2. The van der Waals surface area contributed by atoms with Crippen LogP contribution in [0.25, 0.3) is 0 Å². The van der Waals surface area contributed by atoms with Gasteiger partial charge >= 0.3 is 5.97 Å². The van der Waals surface area contributed by atoms with E-state index in [0.717, 1.165) is 19.6 Å². The summed E-state index contributed by atoms with van der Waals surface area (Å²) in [6.07, 6.45) is 1.87. The van der Waals surface area contributed by atoms with Gasteiger partial charge in [0, 0.05) is 24.7 Å². The zero-order valence-electron chi connectivity index (χ0n) is 11.7. The zero-order chi connectivity index (χ0) is 13.3. The third-order valence-electron chi connectivity index (χ3n) is 2.81. The number of rotatable bonds is 8. The molecule has 0 aromatic heterocycles. The highest BCUT2D eigenvalue weighted by Gasteiger charge is 2.06. The number of nitrogens with one attached hydrogen (secondary N) is 1. The summed E-state index contributed by atoms with van der Waals surface area (Å²) in [5.74, 6) is -0.261. The molecule has 0 aliphatic heterocycles. The van der Waals surface area contributed by atoms with Gasteiger partial charge in [-0.15, -0.1) is 0 Å². The Morgan fingerprint density at radius 2 is 2.00 bits per heavy atom. The van der Waals surface area contributed by atoms with Crippen molar-refractivity contribution < 1.29 is 9.53 Å². The van der Waals surface area contributed by atoms with Gasteiger partial charge in [-0.25, -0.2) is 4.79 Å². The molecule has 0 rings (SSSR count). The minimum atomic E-state index is -0.261. The normalized spacial score (nSPS) is 13.9. The second kappa shape index (κ2) is 9.19. The first-order chi connectivity index (χ1) is 8.04. The third-order valence-corrected chi connectivity index (χ3v) is 2.81. The van der Waals surface area contributed by atoms with Crippen molar-refractivity contribution in [3.8, 4) is 0 Å². The summed E-state index contributed by atoms with van der Waals surface area (Å²) in [4.78, 5) is 13.5. The molecule has 0 bridgehead atoms. The second-order valence-electron chi connectivity index (χ2n) is 4.17. The summed E-state index contributed by atoms with van der Waals surface area (Å²) >= 11 is 0. The Kier molecular flexibility index (Phi) is 8.72. The van der Waals surface area contributed by atoms with E-state index in [2.05, 4.69) is 35.7 Å². The van der Waals surface area contributed by atoms with Crippen molar-refractivity contribution in [2.24, 2.45) is 0 Å². The quantitative estimate of drug-likeness (QED) is 0.516. The van der Waals surface area contributed by atoms with E-state index < -0.39 is 0 Å². The molecule has 1 unspecified atom stereocenters. The van der Waals surface area contributed by atoms with Gasteiger partial charge in [0.25, 0.3) is 0 Å². The molecule has 100 valence electrons. The van der Waals surface area contributed by atoms with E-state index in [1.807, 2.05) is 6.08 Å². The van der Waals surface area contributed by atoms with E-state index in [1.165, 1.54) is 7.11 Å². The lowest BCUT2D eigenvalue weighted by Gasteiger charge is -2.23. The highest BCUT2D eigenvalue weighted by Crippen LogP contribution is 1.95. The van der Waals surface area contributed by atoms with Crippen molar-refractivity contribution in [2.75, 3.05) is 33.3 Å². The number of esters is 1. The Morgan fingerprint density at radius 3 is 2.47 bits per heavy atom. The summed E-state index contributed by atoms with van der Waals surface area (Å²) in [6, 6.07) is 0.414. The van der Waals surface area contributed by atoms with Crippen LogP contribution in [0.5, 0.6) is 0 Å². The molecule has 1 atom stereocenters. The predicted octanol–water partition coefficient (Wildman–Crippen LogP) is 1.43. The van der Waals surface area contributed by atoms with Crippen LogP contribution in [-0.2, 0) is 9.53 Å². The Labute approximate surface area is 105 Å². The molecule has 0 aliphatic rings. The van der Waals surface area contributed by atoms with E-state index in [4.69, 9.17) is 0 Å². The average Bonchev–Trinajstić information content (AvgIpc) is 2.34. The number of carbonyl (C=O) groups is 1. The first kappa shape index (κ1) is 16.1. The highest BCUT2D eigenvalue weighted by molar-refractivity contribution is 5.87. The third kappa shape index (κ3) is 7.13. The van der Waals surface area contributed by atoms with Crippen LogP contribution in [0, 0.1) is 0 Å². The maximum atomic E-state index is 11.1. The molecule has 0 radical (unpaired) electrons. The van der Waals surface area contributed by atoms with Crippen LogP contribution in [0.15, 0.2) is 11.6 Å².